The second-order valence-corrected chi connectivity index (χ2v) is 4.42. The molecule has 2 N–H and O–H groups in total. The summed E-state index contributed by atoms with van der Waals surface area (Å²) in [6.45, 7) is 1.49. The highest BCUT2D eigenvalue weighted by Gasteiger charge is 2.19. The van der Waals surface area contributed by atoms with Crippen LogP contribution in [0.25, 0.3) is 16.7 Å². The zero-order chi connectivity index (χ0) is 15.3. The third-order valence-electron chi connectivity index (χ3n) is 3.19. The summed E-state index contributed by atoms with van der Waals surface area (Å²) in [6, 6.07) is 3.92. The lowest BCUT2D eigenvalue weighted by molar-refractivity contribution is -0.384. The number of hydrogen-bond acceptors (Lipinski definition) is 5. The van der Waals surface area contributed by atoms with Gasteiger partial charge >= 0.3 is 5.97 Å². The van der Waals surface area contributed by atoms with Crippen molar-refractivity contribution in [1.82, 2.24) is 14.4 Å². The van der Waals surface area contributed by atoms with Gasteiger partial charge < -0.3 is 10.1 Å². The highest BCUT2D eigenvalue weighted by Crippen LogP contribution is 2.21. The first-order valence-electron chi connectivity index (χ1n) is 5.83. The second-order valence-electron chi connectivity index (χ2n) is 4.42. The van der Waals surface area contributed by atoms with Crippen LogP contribution < -0.4 is 5.56 Å². The number of benzene rings is 1. The summed E-state index contributed by atoms with van der Waals surface area (Å²) >= 11 is 0. The summed E-state index contributed by atoms with van der Waals surface area (Å²) in [4.78, 5) is 39.7. The smallest absolute Gasteiger partial charge is 0.356 e. The fourth-order valence-corrected chi connectivity index (χ4v) is 2.25. The Hall–Kier alpha value is -3.23. The van der Waals surface area contributed by atoms with Gasteiger partial charge in [0.05, 0.1) is 21.7 Å². The molecule has 9 heteroatoms. The van der Waals surface area contributed by atoms with Gasteiger partial charge in [-0.1, -0.05) is 0 Å². The van der Waals surface area contributed by atoms with E-state index in [0.29, 0.717) is 11.0 Å². The van der Waals surface area contributed by atoms with Gasteiger partial charge in [0.1, 0.15) is 0 Å². The Morgan fingerprint density at radius 1 is 1.48 bits per heavy atom. The Balaban J connectivity index is 2.55. The van der Waals surface area contributed by atoms with E-state index >= 15 is 0 Å². The van der Waals surface area contributed by atoms with Gasteiger partial charge in [0.15, 0.2) is 5.69 Å². The van der Waals surface area contributed by atoms with E-state index in [-0.39, 0.29) is 22.7 Å². The number of imidazole rings is 1. The lowest BCUT2D eigenvalue weighted by Crippen LogP contribution is -2.11. The van der Waals surface area contributed by atoms with Gasteiger partial charge in [0.2, 0.25) is 5.65 Å². The molecule has 3 aromatic rings. The number of carbonyl (C=O) groups is 1. The van der Waals surface area contributed by atoms with Gasteiger partial charge in [-0.2, -0.15) is 0 Å². The van der Waals surface area contributed by atoms with E-state index in [4.69, 9.17) is 5.11 Å². The van der Waals surface area contributed by atoms with Crippen LogP contribution in [-0.2, 0) is 0 Å². The van der Waals surface area contributed by atoms with E-state index in [9.17, 15) is 19.7 Å². The number of hydrogen-bond donors (Lipinski definition) is 2. The Morgan fingerprint density at radius 2 is 2.19 bits per heavy atom. The van der Waals surface area contributed by atoms with Crippen molar-refractivity contribution in [1.29, 1.82) is 0 Å². The number of rotatable bonds is 2. The van der Waals surface area contributed by atoms with Crippen LogP contribution in [0.4, 0.5) is 5.69 Å². The molecule has 0 saturated heterocycles. The van der Waals surface area contributed by atoms with E-state index in [0.717, 1.165) is 0 Å². The quantitative estimate of drug-likeness (QED) is 0.536. The van der Waals surface area contributed by atoms with Gasteiger partial charge in [0.25, 0.3) is 11.2 Å². The standard InChI is InChI=1S/C12H8N4O5/c1-5-9(12(18)19)14-10-11(17)13-7-3-2-6(16(20)21)4-8(7)15(5)10/h2-4H,1H3,(H,13,17)(H,18,19). The SMILES string of the molecule is Cc1c(C(=O)O)nc2c(=O)[nH]c3ccc([N+](=O)[O-])cc3n12. The molecule has 0 unspecified atom stereocenters. The van der Waals surface area contributed by atoms with Crippen molar-refractivity contribution < 1.29 is 14.8 Å². The number of nitro benzene ring substituents is 1. The predicted octanol–water partition coefficient (Wildman–Crippen LogP) is 1.09. The molecule has 106 valence electrons. The normalized spacial score (nSPS) is 11.1. The van der Waals surface area contributed by atoms with Crippen LogP contribution in [0.1, 0.15) is 16.2 Å². The summed E-state index contributed by atoms with van der Waals surface area (Å²) in [5.41, 5.74) is -0.203. The zero-order valence-electron chi connectivity index (χ0n) is 10.7. The number of carboxylic acid groups (broad SMARTS) is 1. The number of nitrogens with zero attached hydrogens (tertiary/aromatic N) is 3. The highest BCUT2D eigenvalue weighted by molar-refractivity contribution is 5.89. The average Bonchev–Trinajstić information content (AvgIpc) is 2.77. The van der Waals surface area contributed by atoms with Crippen molar-refractivity contribution >= 4 is 28.3 Å². The van der Waals surface area contributed by atoms with Gasteiger partial charge in [-0.3, -0.25) is 19.3 Å². The van der Waals surface area contributed by atoms with Gasteiger partial charge in [-0.25, -0.2) is 9.78 Å². The number of non-ortho nitro benzene ring substituents is 1. The van der Waals surface area contributed by atoms with Crippen LogP contribution in [0.5, 0.6) is 0 Å². The van der Waals surface area contributed by atoms with E-state index in [1.54, 1.807) is 0 Å². The van der Waals surface area contributed by atoms with Crippen LogP contribution in [0.2, 0.25) is 0 Å². The largest absolute Gasteiger partial charge is 0.476 e. The number of aromatic amines is 1. The topological polar surface area (TPSA) is 131 Å². The minimum Gasteiger partial charge on any atom is -0.476 e. The third-order valence-corrected chi connectivity index (χ3v) is 3.19. The van der Waals surface area contributed by atoms with E-state index in [2.05, 4.69) is 9.97 Å². The molecule has 0 aliphatic heterocycles. The van der Waals surface area contributed by atoms with E-state index in [1.807, 2.05) is 0 Å². The number of nitrogens with one attached hydrogen (secondary N) is 1. The summed E-state index contributed by atoms with van der Waals surface area (Å²) in [7, 11) is 0. The highest BCUT2D eigenvalue weighted by atomic mass is 16.6. The molecule has 0 bridgehead atoms. The first kappa shape index (κ1) is 12.8. The fourth-order valence-electron chi connectivity index (χ4n) is 2.25. The first-order chi connectivity index (χ1) is 9.90. The maximum atomic E-state index is 11.9. The molecule has 0 aliphatic rings. The molecule has 21 heavy (non-hydrogen) atoms. The molecule has 0 spiro atoms. The molecule has 0 saturated carbocycles. The average molecular weight is 288 g/mol. The van der Waals surface area contributed by atoms with Crippen LogP contribution >= 0.6 is 0 Å². The number of aryl methyl sites for hydroxylation is 1. The summed E-state index contributed by atoms with van der Waals surface area (Å²) in [6.07, 6.45) is 0. The molecule has 0 amide bonds. The maximum absolute atomic E-state index is 11.9. The van der Waals surface area contributed by atoms with Crippen molar-refractivity contribution in [2.75, 3.05) is 0 Å². The Kier molecular flexibility index (Phi) is 2.52. The lowest BCUT2D eigenvalue weighted by Gasteiger charge is -2.03. The number of fused-ring (bicyclic) bond motifs is 3. The Morgan fingerprint density at radius 3 is 2.81 bits per heavy atom. The minimum atomic E-state index is -1.27. The van der Waals surface area contributed by atoms with Crippen molar-refractivity contribution in [3.05, 3.63) is 50.1 Å². The van der Waals surface area contributed by atoms with Crippen LogP contribution in [0, 0.1) is 17.0 Å². The van der Waals surface area contributed by atoms with E-state index < -0.39 is 16.5 Å². The zero-order valence-corrected chi connectivity index (χ0v) is 10.7. The monoisotopic (exact) mass is 288 g/mol. The fraction of sp³-hybridized carbons (Fsp3) is 0.0833. The van der Waals surface area contributed by atoms with Crippen LogP contribution in [-0.4, -0.2) is 30.4 Å². The molecule has 0 fully saturated rings. The third kappa shape index (κ3) is 1.75. The summed E-state index contributed by atoms with van der Waals surface area (Å²) in [5.74, 6) is -1.27. The van der Waals surface area contributed by atoms with Gasteiger partial charge in [0, 0.05) is 12.1 Å². The van der Waals surface area contributed by atoms with Crippen LogP contribution in [0.3, 0.4) is 0 Å². The Labute approximate surface area is 115 Å². The van der Waals surface area contributed by atoms with Crippen molar-refractivity contribution in [2.24, 2.45) is 0 Å². The number of H-pyrrole nitrogens is 1. The molecular formula is C12H8N4O5. The minimum absolute atomic E-state index is 0.113. The molecule has 2 aromatic heterocycles. The molecule has 0 radical (unpaired) electrons. The number of aromatic carboxylic acids is 1. The number of carboxylic acids is 1. The lowest BCUT2D eigenvalue weighted by atomic mass is 10.2. The summed E-state index contributed by atoms with van der Waals surface area (Å²) < 4.78 is 1.31. The molecule has 0 aliphatic carbocycles. The van der Waals surface area contributed by atoms with Crippen LogP contribution in [0.15, 0.2) is 23.0 Å². The molecule has 1 aromatic carbocycles. The van der Waals surface area contributed by atoms with Gasteiger partial charge in [-0.05, 0) is 13.0 Å². The second kappa shape index (κ2) is 4.13. The molecular weight excluding hydrogens is 280 g/mol. The Bertz CT molecular complexity index is 985. The molecule has 0 atom stereocenters. The molecule has 2 heterocycles. The molecule has 9 nitrogen and oxygen atoms in total. The van der Waals surface area contributed by atoms with Crippen molar-refractivity contribution in [2.45, 2.75) is 6.92 Å². The maximum Gasteiger partial charge on any atom is 0.356 e. The van der Waals surface area contributed by atoms with Crippen molar-refractivity contribution in [3.63, 3.8) is 0 Å². The number of aromatic nitrogens is 3. The number of nitro groups is 1. The predicted molar refractivity (Wildman–Crippen MR) is 71.7 cm³/mol. The summed E-state index contributed by atoms with van der Waals surface area (Å²) in [5, 5.41) is 19.9. The van der Waals surface area contributed by atoms with Crippen molar-refractivity contribution in [3.8, 4) is 0 Å². The first-order valence-corrected chi connectivity index (χ1v) is 5.83. The molecule has 3 rings (SSSR count). The van der Waals surface area contributed by atoms with Gasteiger partial charge in [-0.15, -0.1) is 0 Å². The van der Waals surface area contributed by atoms with E-state index in [1.165, 1.54) is 29.5 Å².